The number of fused-ring (bicyclic) bond motifs is 3. The molecule has 2 heterocycles. The Bertz CT molecular complexity index is 1020. The molecule has 4 heteroatoms. The monoisotopic (exact) mass is 506 g/mol. The SMILES string of the molecule is CCCCCCCCCCCCOc1ccc2c(ccc3nc(OCCCCCCCCC)ccc32)n1. The number of unbranched alkanes of at least 4 members (excludes halogenated alkanes) is 15. The summed E-state index contributed by atoms with van der Waals surface area (Å²) >= 11 is 0. The highest BCUT2D eigenvalue weighted by atomic mass is 16.5. The Morgan fingerprint density at radius 3 is 1.16 bits per heavy atom. The maximum absolute atomic E-state index is 5.96. The van der Waals surface area contributed by atoms with Gasteiger partial charge in [-0.1, -0.05) is 110 Å². The molecule has 0 aliphatic rings. The van der Waals surface area contributed by atoms with Crippen LogP contribution in [0.3, 0.4) is 0 Å². The largest absolute Gasteiger partial charge is 0.478 e. The van der Waals surface area contributed by atoms with Crippen LogP contribution in [0.25, 0.3) is 21.8 Å². The molecule has 0 saturated carbocycles. The van der Waals surface area contributed by atoms with Crippen LogP contribution in [-0.4, -0.2) is 23.2 Å². The molecular formula is C33H50N2O2. The molecule has 0 fully saturated rings. The number of hydrogen-bond donors (Lipinski definition) is 0. The van der Waals surface area contributed by atoms with E-state index in [1.54, 1.807) is 0 Å². The summed E-state index contributed by atoms with van der Waals surface area (Å²) in [5.74, 6) is 1.42. The highest BCUT2D eigenvalue weighted by Crippen LogP contribution is 2.27. The van der Waals surface area contributed by atoms with Crippen molar-refractivity contribution in [2.24, 2.45) is 0 Å². The van der Waals surface area contributed by atoms with Gasteiger partial charge in [0, 0.05) is 22.9 Å². The van der Waals surface area contributed by atoms with Crippen LogP contribution in [0, 0.1) is 0 Å². The molecule has 2 aromatic heterocycles. The van der Waals surface area contributed by atoms with Crippen LogP contribution in [0.4, 0.5) is 0 Å². The lowest BCUT2D eigenvalue weighted by atomic mass is 10.1. The Morgan fingerprint density at radius 2 is 0.784 bits per heavy atom. The Balaban J connectivity index is 1.37. The minimum Gasteiger partial charge on any atom is -0.478 e. The van der Waals surface area contributed by atoms with E-state index in [-0.39, 0.29) is 0 Å². The van der Waals surface area contributed by atoms with Crippen LogP contribution in [0.2, 0.25) is 0 Å². The number of rotatable bonds is 21. The standard InChI is InChI=1S/C33H50N2O2/c1-3-5-7-9-11-12-13-15-17-19-27-37-33-25-21-29-28-20-24-32(34-30(28)22-23-31(29)35-33)36-26-18-16-14-10-8-6-4-2/h20-25H,3-19,26-27H2,1-2H3. The van der Waals surface area contributed by atoms with Crippen molar-refractivity contribution in [3.05, 3.63) is 36.4 Å². The zero-order chi connectivity index (χ0) is 26.0. The Kier molecular flexibility index (Phi) is 14.2. The number of benzene rings is 1. The zero-order valence-corrected chi connectivity index (χ0v) is 23.6. The zero-order valence-electron chi connectivity index (χ0n) is 23.6. The van der Waals surface area contributed by atoms with Gasteiger partial charge in [-0.05, 0) is 37.1 Å². The minimum absolute atomic E-state index is 0.710. The van der Waals surface area contributed by atoms with Crippen molar-refractivity contribution >= 4 is 21.8 Å². The quantitative estimate of drug-likeness (QED) is 0.106. The van der Waals surface area contributed by atoms with Crippen molar-refractivity contribution in [2.75, 3.05) is 13.2 Å². The number of ether oxygens (including phenoxy) is 2. The van der Waals surface area contributed by atoms with Gasteiger partial charge in [-0.25, -0.2) is 9.97 Å². The van der Waals surface area contributed by atoms with Gasteiger partial charge < -0.3 is 9.47 Å². The first-order valence-electron chi connectivity index (χ1n) is 15.3. The molecule has 3 rings (SSSR count). The third kappa shape index (κ3) is 10.9. The summed E-state index contributed by atoms with van der Waals surface area (Å²) in [6, 6.07) is 12.3. The van der Waals surface area contributed by atoms with Crippen molar-refractivity contribution < 1.29 is 9.47 Å². The second-order valence-corrected chi connectivity index (χ2v) is 10.5. The average molecular weight is 507 g/mol. The van der Waals surface area contributed by atoms with E-state index in [2.05, 4.69) is 26.0 Å². The normalized spacial score (nSPS) is 11.4. The van der Waals surface area contributed by atoms with E-state index in [1.807, 2.05) is 24.3 Å². The molecule has 0 unspecified atom stereocenters. The molecule has 0 aliphatic carbocycles. The molecule has 0 amide bonds. The summed E-state index contributed by atoms with van der Waals surface area (Å²) < 4.78 is 11.9. The van der Waals surface area contributed by atoms with Crippen molar-refractivity contribution in [1.29, 1.82) is 0 Å². The van der Waals surface area contributed by atoms with Gasteiger partial charge in [0.2, 0.25) is 11.8 Å². The lowest BCUT2D eigenvalue weighted by Gasteiger charge is -2.09. The minimum atomic E-state index is 0.710. The molecule has 0 spiro atoms. The van der Waals surface area contributed by atoms with E-state index in [1.165, 1.54) is 96.3 Å². The van der Waals surface area contributed by atoms with Gasteiger partial charge in [0.05, 0.1) is 24.2 Å². The molecule has 3 aromatic rings. The third-order valence-electron chi connectivity index (χ3n) is 7.23. The second-order valence-electron chi connectivity index (χ2n) is 10.5. The first-order valence-corrected chi connectivity index (χ1v) is 15.3. The first-order chi connectivity index (χ1) is 18.3. The predicted molar refractivity (Wildman–Crippen MR) is 158 cm³/mol. The fourth-order valence-corrected chi connectivity index (χ4v) is 4.94. The van der Waals surface area contributed by atoms with E-state index in [4.69, 9.17) is 19.4 Å². The molecule has 4 nitrogen and oxygen atoms in total. The van der Waals surface area contributed by atoms with Crippen molar-refractivity contribution in [3.63, 3.8) is 0 Å². The molecule has 0 saturated heterocycles. The predicted octanol–water partition coefficient (Wildman–Crippen LogP) is 10.2. The number of pyridine rings is 2. The molecule has 204 valence electrons. The van der Waals surface area contributed by atoms with Gasteiger partial charge in [0.15, 0.2) is 0 Å². The Hall–Kier alpha value is -2.36. The summed E-state index contributed by atoms with van der Waals surface area (Å²) in [6.07, 6.45) is 22.3. The van der Waals surface area contributed by atoms with Gasteiger partial charge in [-0.15, -0.1) is 0 Å². The Labute approximate surface area is 225 Å². The molecule has 0 aliphatic heterocycles. The number of aromatic nitrogens is 2. The second kappa shape index (κ2) is 18.0. The molecule has 0 radical (unpaired) electrons. The van der Waals surface area contributed by atoms with Crippen molar-refractivity contribution in [1.82, 2.24) is 9.97 Å². The maximum Gasteiger partial charge on any atom is 0.213 e. The van der Waals surface area contributed by atoms with Gasteiger partial charge >= 0.3 is 0 Å². The van der Waals surface area contributed by atoms with Crippen LogP contribution in [0.5, 0.6) is 11.8 Å². The number of hydrogen-bond acceptors (Lipinski definition) is 4. The smallest absolute Gasteiger partial charge is 0.213 e. The van der Waals surface area contributed by atoms with Crippen molar-refractivity contribution in [2.45, 2.75) is 123 Å². The van der Waals surface area contributed by atoms with Crippen LogP contribution in [0.15, 0.2) is 36.4 Å². The highest BCUT2D eigenvalue weighted by Gasteiger charge is 2.07. The summed E-state index contributed by atoms with van der Waals surface area (Å²) in [6.45, 7) is 6.01. The highest BCUT2D eigenvalue weighted by molar-refractivity contribution is 6.04. The topological polar surface area (TPSA) is 44.2 Å². The molecule has 0 N–H and O–H groups in total. The third-order valence-corrected chi connectivity index (χ3v) is 7.23. The molecular weight excluding hydrogens is 456 g/mol. The first kappa shape index (κ1) is 29.2. The Morgan fingerprint density at radius 1 is 0.432 bits per heavy atom. The summed E-state index contributed by atoms with van der Waals surface area (Å²) in [5, 5.41) is 2.21. The van der Waals surface area contributed by atoms with Gasteiger partial charge in [-0.3, -0.25) is 0 Å². The van der Waals surface area contributed by atoms with Crippen molar-refractivity contribution in [3.8, 4) is 11.8 Å². The van der Waals surface area contributed by atoms with Gasteiger partial charge in [0.1, 0.15) is 0 Å². The number of nitrogens with zero attached hydrogens (tertiary/aromatic N) is 2. The van der Waals surface area contributed by atoms with E-state index in [0.717, 1.165) is 47.9 Å². The molecule has 0 atom stereocenters. The van der Waals surface area contributed by atoms with Crippen LogP contribution in [0.1, 0.15) is 123 Å². The lowest BCUT2D eigenvalue weighted by Crippen LogP contribution is -2.00. The van der Waals surface area contributed by atoms with E-state index in [0.29, 0.717) is 11.8 Å². The molecule has 1 aromatic carbocycles. The average Bonchev–Trinajstić information content (AvgIpc) is 2.92. The fraction of sp³-hybridized carbons (Fsp3) is 0.636. The van der Waals surface area contributed by atoms with Crippen LogP contribution < -0.4 is 9.47 Å². The van der Waals surface area contributed by atoms with E-state index in [9.17, 15) is 0 Å². The summed E-state index contributed by atoms with van der Waals surface area (Å²) in [7, 11) is 0. The van der Waals surface area contributed by atoms with Crippen LogP contribution in [-0.2, 0) is 0 Å². The summed E-state index contributed by atoms with van der Waals surface area (Å²) in [4.78, 5) is 9.48. The molecule has 0 bridgehead atoms. The maximum atomic E-state index is 5.96. The van der Waals surface area contributed by atoms with Gasteiger partial charge in [-0.2, -0.15) is 0 Å². The molecule has 37 heavy (non-hydrogen) atoms. The van der Waals surface area contributed by atoms with Crippen LogP contribution >= 0.6 is 0 Å². The lowest BCUT2D eigenvalue weighted by molar-refractivity contribution is 0.294. The van der Waals surface area contributed by atoms with E-state index < -0.39 is 0 Å². The summed E-state index contributed by atoms with van der Waals surface area (Å²) in [5.41, 5.74) is 1.90. The van der Waals surface area contributed by atoms with Gasteiger partial charge in [0.25, 0.3) is 0 Å². The fourth-order valence-electron chi connectivity index (χ4n) is 4.94. The van der Waals surface area contributed by atoms with E-state index >= 15 is 0 Å².